The lowest BCUT2D eigenvalue weighted by atomic mass is 10.1. The largest absolute Gasteiger partial charge is 0.356 e. The van der Waals surface area contributed by atoms with Gasteiger partial charge in [-0.1, -0.05) is 30.3 Å². The Morgan fingerprint density at radius 2 is 2.00 bits per heavy atom. The van der Waals surface area contributed by atoms with Crippen molar-refractivity contribution in [1.82, 2.24) is 10.3 Å². The monoisotopic (exact) mass is 349 g/mol. The molecule has 1 heterocycles. The number of aryl methyl sites for hydroxylation is 1. The van der Waals surface area contributed by atoms with Crippen LogP contribution >= 0.6 is 28.1 Å². The second-order valence-corrected chi connectivity index (χ2v) is 5.87. The molecule has 0 unspecified atom stereocenters. The van der Waals surface area contributed by atoms with E-state index >= 15 is 0 Å². The van der Waals surface area contributed by atoms with Crippen LogP contribution in [0, 0.1) is 6.92 Å². The molecule has 0 aliphatic carbocycles. The molecular weight excluding hydrogens is 334 g/mol. The van der Waals surface area contributed by atoms with E-state index in [1.807, 2.05) is 31.2 Å². The predicted octanol–water partition coefficient (Wildman–Crippen LogP) is 4.20. The van der Waals surface area contributed by atoms with Crippen molar-refractivity contribution in [1.29, 1.82) is 0 Å². The Balaban J connectivity index is 1.99. The maximum atomic E-state index is 5.33. The average molecular weight is 350 g/mol. The van der Waals surface area contributed by atoms with Gasteiger partial charge in [0, 0.05) is 10.7 Å². The number of aromatic nitrogens is 1. The normalized spacial score (nSPS) is 11.8. The lowest BCUT2D eigenvalue weighted by Crippen LogP contribution is -2.31. The fourth-order valence-corrected chi connectivity index (χ4v) is 2.56. The van der Waals surface area contributed by atoms with Gasteiger partial charge in [-0.3, -0.25) is 0 Å². The van der Waals surface area contributed by atoms with Crippen LogP contribution in [0.25, 0.3) is 0 Å². The quantitative estimate of drug-likeness (QED) is 0.814. The third-order valence-electron chi connectivity index (χ3n) is 2.92. The number of nitrogens with zero attached hydrogens (tertiary/aromatic N) is 1. The molecule has 104 valence electrons. The van der Waals surface area contributed by atoms with Crippen LogP contribution in [0.4, 0.5) is 5.82 Å². The average Bonchev–Trinajstić information content (AvgIpc) is 2.43. The zero-order chi connectivity index (χ0) is 14.5. The molecule has 2 rings (SSSR count). The minimum Gasteiger partial charge on any atom is -0.356 e. The number of hydrogen-bond acceptors (Lipinski definition) is 2. The van der Waals surface area contributed by atoms with Crippen molar-refractivity contribution < 1.29 is 0 Å². The van der Waals surface area contributed by atoms with Crippen molar-refractivity contribution in [3.05, 3.63) is 58.2 Å². The van der Waals surface area contributed by atoms with E-state index in [-0.39, 0.29) is 6.04 Å². The summed E-state index contributed by atoms with van der Waals surface area (Å²) in [6.45, 7) is 4.06. The Bertz CT molecular complexity index is 601. The summed E-state index contributed by atoms with van der Waals surface area (Å²) in [5, 5.41) is 6.95. The van der Waals surface area contributed by atoms with E-state index in [9.17, 15) is 0 Å². The van der Waals surface area contributed by atoms with Crippen LogP contribution in [0.1, 0.15) is 24.1 Å². The van der Waals surface area contributed by atoms with Crippen LogP contribution in [-0.4, -0.2) is 10.1 Å². The maximum Gasteiger partial charge on any atom is 0.172 e. The standard InChI is InChI=1S/C15H16BrN3S/c1-10-8-13(16)9-17-14(10)19-15(20)18-11(2)12-6-4-3-5-7-12/h3-9,11H,1-2H3,(H2,17,18,19,20)/t11-/m1/s1. The third kappa shape index (κ3) is 4.02. The number of thiocarbonyl (C=S) groups is 1. The molecule has 0 aliphatic heterocycles. The Hall–Kier alpha value is -1.46. The van der Waals surface area contributed by atoms with Gasteiger partial charge in [0.05, 0.1) is 6.04 Å². The van der Waals surface area contributed by atoms with Crippen molar-refractivity contribution >= 4 is 39.1 Å². The second-order valence-electron chi connectivity index (χ2n) is 4.55. The summed E-state index contributed by atoms with van der Waals surface area (Å²) in [5.41, 5.74) is 2.23. The third-order valence-corrected chi connectivity index (χ3v) is 3.58. The molecule has 0 saturated carbocycles. The summed E-state index contributed by atoms with van der Waals surface area (Å²) >= 11 is 8.73. The SMILES string of the molecule is Cc1cc(Br)cnc1NC(=S)N[C@H](C)c1ccccc1. The van der Waals surface area contributed by atoms with Gasteiger partial charge in [0.1, 0.15) is 5.82 Å². The second kappa shape index (κ2) is 6.81. The van der Waals surface area contributed by atoms with Gasteiger partial charge in [0.2, 0.25) is 0 Å². The predicted molar refractivity (Wildman–Crippen MR) is 90.9 cm³/mol. The molecule has 5 heteroatoms. The minimum atomic E-state index is 0.145. The van der Waals surface area contributed by atoms with Gasteiger partial charge in [-0.2, -0.15) is 0 Å². The summed E-state index contributed by atoms with van der Waals surface area (Å²) in [5.74, 6) is 0.769. The molecule has 1 aromatic heterocycles. The van der Waals surface area contributed by atoms with Gasteiger partial charge in [0.15, 0.2) is 5.11 Å². The van der Waals surface area contributed by atoms with Crippen LogP contribution in [0.15, 0.2) is 47.1 Å². The molecule has 0 saturated heterocycles. The number of rotatable bonds is 3. The molecule has 0 fully saturated rings. The molecule has 0 aliphatic rings. The molecule has 1 aromatic carbocycles. The Morgan fingerprint density at radius 3 is 2.65 bits per heavy atom. The van der Waals surface area contributed by atoms with Crippen molar-refractivity contribution in [3.8, 4) is 0 Å². The number of pyridine rings is 1. The fourth-order valence-electron chi connectivity index (χ4n) is 1.84. The first-order chi connectivity index (χ1) is 9.56. The first-order valence-electron chi connectivity index (χ1n) is 6.31. The highest BCUT2D eigenvalue weighted by Gasteiger charge is 2.08. The van der Waals surface area contributed by atoms with Crippen molar-refractivity contribution in [2.45, 2.75) is 19.9 Å². The molecule has 2 N–H and O–H groups in total. The molecule has 0 amide bonds. The topological polar surface area (TPSA) is 37.0 Å². The van der Waals surface area contributed by atoms with Crippen LogP contribution in [0.5, 0.6) is 0 Å². The molecule has 0 bridgehead atoms. The Labute approximate surface area is 132 Å². The number of nitrogens with one attached hydrogen (secondary N) is 2. The van der Waals surface area contributed by atoms with E-state index in [0.29, 0.717) is 5.11 Å². The van der Waals surface area contributed by atoms with Crippen molar-refractivity contribution in [2.24, 2.45) is 0 Å². The smallest absolute Gasteiger partial charge is 0.172 e. The number of benzene rings is 1. The van der Waals surface area contributed by atoms with E-state index in [2.05, 4.69) is 50.6 Å². The maximum absolute atomic E-state index is 5.33. The molecule has 20 heavy (non-hydrogen) atoms. The van der Waals surface area contributed by atoms with E-state index < -0.39 is 0 Å². The summed E-state index contributed by atoms with van der Waals surface area (Å²) in [6, 6.07) is 12.3. The number of hydrogen-bond donors (Lipinski definition) is 2. The lowest BCUT2D eigenvalue weighted by Gasteiger charge is -2.17. The molecule has 2 aromatic rings. The summed E-state index contributed by atoms with van der Waals surface area (Å²) in [4.78, 5) is 4.31. The van der Waals surface area contributed by atoms with Gasteiger partial charge in [-0.25, -0.2) is 4.98 Å². The van der Waals surface area contributed by atoms with Crippen molar-refractivity contribution in [3.63, 3.8) is 0 Å². The van der Waals surface area contributed by atoms with E-state index in [4.69, 9.17) is 12.2 Å². The van der Waals surface area contributed by atoms with Gasteiger partial charge in [0.25, 0.3) is 0 Å². The first-order valence-corrected chi connectivity index (χ1v) is 7.51. The summed E-state index contributed by atoms with van der Waals surface area (Å²) in [6.07, 6.45) is 1.75. The van der Waals surface area contributed by atoms with E-state index in [1.54, 1.807) is 6.20 Å². The highest BCUT2D eigenvalue weighted by molar-refractivity contribution is 9.10. The van der Waals surface area contributed by atoms with Crippen LogP contribution < -0.4 is 10.6 Å². The number of anilines is 1. The first kappa shape index (κ1) is 14.9. The van der Waals surface area contributed by atoms with Gasteiger partial charge in [-0.15, -0.1) is 0 Å². The zero-order valence-corrected chi connectivity index (χ0v) is 13.8. The number of halogens is 1. The van der Waals surface area contributed by atoms with Gasteiger partial charge in [-0.05, 0) is 59.2 Å². The Kier molecular flexibility index (Phi) is 5.09. The minimum absolute atomic E-state index is 0.145. The van der Waals surface area contributed by atoms with E-state index in [0.717, 1.165) is 15.9 Å². The highest BCUT2D eigenvalue weighted by Crippen LogP contribution is 2.17. The van der Waals surface area contributed by atoms with E-state index in [1.165, 1.54) is 5.56 Å². The lowest BCUT2D eigenvalue weighted by molar-refractivity contribution is 0.722. The highest BCUT2D eigenvalue weighted by atomic mass is 79.9. The summed E-state index contributed by atoms with van der Waals surface area (Å²) in [7, 11) is 0. The van der Waals surface area contributed by atoms with Gasteiger partial charge >= 0.3 is 0 Å². The molecule has 0 spiro atoms. The molecule has 1 atom stereocenters. The molecule has 3 nitrogen and oxygen atoms in total. The van der Waals surface area contributed by atoms with Crippen LogP contribution in [0.3, 0.4) is 0 Å². The van der Waals surface area contributed by atoms with Crippen molar-refractivity contribution in [2.75, 3.05) is 5.32 Å². The van der Waals surface area contributed by atoms with Crippen LogP contribution in [-0.2, 0) is 0 Å². The fraction of sp³-hybridized carbons (Fsp3) is 0.200. The molecule has 0 radical (unpaired) electrons. The molecular formula is C15H16BrN3S. The van der Waals surface area contributed by atoms with Gasteiger partial charge < -0.3 is 10.6 Å². The van der Waals surface area contributed by atoms with Crippen LogP contribution in [0.2, 0.25) is 0 Å². The zero-order valence-electron chi connectivity index (χ0n) is 11.4. The Morgan fingerprint density at radius 1 is 1.30 bits per heavy atom. The summed E-state index contributed by atoms with van der Waals surface area (Å²) < 4.78 is 0.956.